The third kappa shape index (κ3) is 4.48. The monoisotopic (exact) mass is 384 g/mol. The maximum absolute atomic E-state index is 12.6. The number of hydrogen-bond donors (Lipinski definition) is 5. The topological polar surface area (TPSA) is 118 Å². The predicted molar refractivity (Wildman–Crippen MR) is 106 cm³/mol. The van der Waals surface area contributed by atoms with Gasteiger partial charge in [0.25, 0.3) is 0 Å². The van der Waals surface area contributed by atoms with Crippen molar-refractivity contribution in [1.82, 2.24) is 0 Å². The summed E-state index contributed by atoms with van der Waals surface area (Å²) in [6.45, 7) is 1.96. The lowest BCUT2D eigenvalue weighted by Gasteiger charge is -2.39. The second-order valence-electron chi connectivity index (χ2n) is 6.87. The molecule has 0 fully saturated rings. The zero-order valence-electron chi connectivity index (χ0n) is 15.6. The molecule has 0 aliphatic carbocycles. The van der Waals surface area contributed by atoms with Crippen LogP contribution in [0.15, 0.2) is 72.2 Å². The van der Waals surface area contributed by atoms with Crippen LogP contribution in [0.1, 0.15) is 25.0 Å². The van der Waals surface area contributed by atoms with Crippen LogP contribution < -0.4 is 0 Å². The van der Waals surface area contributed by atoms with E-state index < -0.39 is 34.6 Å². The van der Waals surface area contributed by atoms with Crippen molar-refractivity contribution in [3.63, 3.8) is 0 Å². The Kier molecular flexibility index (Phi) is 6.41. The lowest BCUT2D eigenvalue weighted by Crippen LogP contribution is -2.62. The smallest absolute Gasteiger partial charge is 0.231 e. The van der Waals surface area contributed by atoms with Gasteiger partial charge in [0.2, 0.25) is 5.78 Å². The maximum Gasteiger partial charge on any atom is 0.231 e. The van der Waals surface area contributed by atoms with Gasteiger partial charge in [0.15, 0.2) is 11.4 Å². The highest BCUT2D eigenvalue weighted by molar-refractivity contribution is 6.03. The molecule has 6 nitrogen and oxygen atoms in total. The molecule has 2 rings (SSSR count). The fraction of sp³-hybridized carbons (Fsp3) is 0.227. The molecule has 0 amide bonds. The average Bonchev–Trinajstić information content (AvgIpc) is 2.68. The molecule has 0 saturated heterocycles. The number of ketones is 1. The van der Waals surface area contributed by atoms with E-state index in [0.717, 1.165) is 19.9 Å². The van der Waals surface area contributed by atoms with Crippen molar-refractivity contribution in [2.24, 2.45) is 0 Å². The van der Waals surface area contributed by atoms with E-state index in [9.17, 15) is 30.3 Å². The van der Waals surface area contributed by atoms with Gasteiger partial charge in [-0.1, -0.05) is 60.7 Å². The fourth-order valence-electron chi connectivity index (χ4n) is 2.61. The molecule has 6 heteroatoms. The average molecular weight is 384 g/mol. The first-order valence-corrected chi connectivity index (χ1v) is 8.66. The summed E-state index contributed by atoms with van der Waals surface area (Å²) in [5, 5.41) is 52.0. The molecular weight excluding hydrogens is 360 g/mol. The van der Waals surface area contributed by atoms with Crippen molar-refractivity contribution in [3.8, 4) is 0 Å². The molecule has 28 heavy (non-hydrogen) atoms. The Morgan fingerprint density at radius 1 is 0.857 bits per heavy atom. The Balaban J connectivity index is 2.29. The van der Waals surface area contributed by atoms with Gasteiger partial charge in [0.1, 0.15) is 17.5 Å². The van der Waals surface area contributed by atoms with Gasteiger partial charge in [0.05, 0.1) is 0 Å². The number of carbonyl (C=O) groups excluding carboxylic acids is 1. The first kappa shape index (κ1) is 21.4. The molecule has 148 valence electrons. The molecule has 0 bridgehead atoms. The molecule has 0 saturated carbocycles. The number of benzene rings is 2. The number of hydrogen-bond acceptors (Lipinski definition) is 6. The van der Waals surface area contributed by atoms with Crippen molar-refractivity contribution in [2.45, 2.75) is 31.2 Å². The molecule has 0 unspecified atom stereocenters. The molecule has 5 N–H and O–H groups in total. The lowest BCUT2D eigenvalue weighted by molar-refractivity contribution is -0.188. The van der Waals surface area contributed by atoms with Crippen molar-refractivity contribution in [2.75, 3.05) is 0 Å². The molecule has 0 aliphatic heterocycles. The Bertz CT molecular complexity index is 866. The standard InChI is InChI=1S/C22H24O6/c1-21(27,19(25)17(23)13-15-9-5-3-6-10-15)22(2,28)20(26)18(24)14-16-11-7-4-8-12-16/h3-14,19,23-25,27-28H,1-2H3/t19-,21+,22+/m1/s1. The van der Waals surface area contributed by atoms with E-state index in [2.05, 4.69) is 0 Å². The summed E-state index contributed by atoms with van der Waals surface area (Å²) in [5.74, 6) is -2.64. The minimum absolute atomic E-state index is 0.510. The molecule has 3 atom stereocenters. The van der Waals surface area contributed by atoms with Gasteiger partial charge in [0, 0.05) is 0 Å². The zero-order valence-corrected chi connectivity index (χ0v) is 15.6. The summed E-state index contributed by atoms with van der Waals surface area (Å²) < 4.78 is 0. The Hall–Kier alpha value is -2.93. The summed E-state index contributed by atoms with van der Waals surface area (Å²) in [4.78, 5) is 12.6. The van der Waals surface area contributed by atoms with Crippen LogP contribution in [0.2, 0.25) is 0 Å². The van der Waals surface area contributed by atoms with Crippen molar-refractivity contribution < 1.29 is 30.3 Å². The summed E-state index contributed by atoms with van der Waals surface area (Å²) in [7, 11) is 0. The summed E-state index contributed by atoms with van der Waals surface area (Å²) in [6.07, 6.45) is 0.356. The van der Waals surface area contributed by atoms with E-state index in [1.165, 1.54) is 6.08 Å². The van der Waals surface area contributed by atoms with Crippen molar-refractivity contribution in [1.29, 1.82) is 0 Å². The van der Waals surface area contributed by atoms with Gasteiger partial charge in [-0.25, -0.2) is 0 Å². The van der Waals surface area contributed by atoms with Gasteiger partial charge in [-0.15, -0.1) is 0 Å². The number of rotatable bonds is 7. The van der Waals surface area contributed by atoms with Crippen LogP contribution in [0.25, 0.3) is 12.2 Å². The van der Waals surface area contributed by atoms with E-state index in [1.807, 2.05) is 0 Å². The molecule has 2 aromatic rings. The SMILES string of the molecule is C[C@](O)(C(=O)C(O)=Cc1ccccc1)[C@@](C)(O)[C@H](O)C(O)=Cc1ccccc1. The van der Waals surface area contributed by atoms with Gasteiger partial charge in [-0.2, -0.15) is 0 Å². The first-order chi connectivity index (χ1) is 13.1. The van der Waals surface area contributed by atoms with Crippen LogP contribution in [0.4, 0.5) is 0 Å². The number of Topliss-reactive ketones (excluding diaryl/α,β-unsaturated/α-hetero) is 1. The van der Waals surface area contributed by atoms with Gasteiger partial charge in [-0.05, 0) is 37.1 Å². The zero-order chi connectivity index (χ0) is 20.9. The highest BCUT2D eigenvalue weighted by atomic mass is 16.4. The van der Waals surface area contributed by atoms with Gasteiger partial charge in [-0.3, -0.25) is 4.79 Å². The molecule has 0 heterocycles. The number of aliphatic hydroxyl groups excluding tert-OH is 3. The van der Waals surface area contributed by atoms with Crippen LogP contribution in [0.5, 0.6) is 0 Å². The fourth-order valence-corrected chi connectivity index (χ4v) is 2.61. The predicted octanol–water partition coefficient (Wildman–Crippen LogP) is 2.62. The maximum atomic E-state index is 12.6. The normalized spacial score (nSPS) is 18.0. The highest BCUT2D eigenvalue weighted by Gasteiger charge is 2.54. The third-order valence-electron chi connectivity index (χ3n) is 4.69. The van der Waals surface area contributed by atoms with Crippen LogP contribution in [0.3, 0.4) is 0 Å². The largest absolute Gasteiger partial charge is 0.509 e. The molecular formula is C22H24O6. The quantitative estimate of drug-likeness (QED) is 0.370. The Labute approximate surface area is 163 Å². The van der Waals surface area contributed by atoms with Crippen molar-refractivity contribution >= 4 is 17.9 Å². The van der Waals surface area contributed by atoms with E-state index >= 15 is 0 Å². The third-order valence-corrected chi connectivity index (χ3v) is 4.69. The second-order valence-corrected chi connectivity index (χ2v) is 6.87. The molecule has 0 aromatic heterocycles. The number of carbonyl (C=O) groups is 1. The van der Waals surface area contributed by atoms with E-state index in [4.69, 9.17) is 0 Å². The van der Waals surface area contributed by atoms with E-state index in [-0.39, 0.29) is 0 Å². The van der Waals surface area contributed by atoms with Crippen LogP contribution in [-0.4, -0.2) is 48.6 Å². The minimum Gasteiger partial charge on any atom is -0.509 e. The highest BCUT2D eigenvalue weighted by Crippen LogP contribution is 2.32. The van der Waals surface area contributed by atoms with Gasteiger partial charge < -0.3 is 25.5 Å². The summed E-state index contributed by atoms with van der Waals surface area (Å²) in [5.41, 5.74) is -4.04. The van der Waals surface area contributed by atoms with Gasteiger partial charge >= 0.3 is 0 Å². The Morgan fingerprint density at radius 3 is 1.75 bits per heavy atom. The lowest BCUT2D eigenvalue weighted by atomic mass is 9.77. The second kappa shape index (κ2) is 8.39. The molecule has 0 radical (unpaired) electrons. The van der Waals surface area contributed by atoms with E-state index in [1.54, 1.807) is 60.7 Å². The summed E-state index contributed by atoms with van der Waals surface area (Å²) >= 11 is 0. The molecule has 0 aliphatic rings. The molecule has 2 aromatic carbocycles. The summed E-state index contributed by atoms with van der Waals surface area (Å²) in [6, 6.07) is 17.0. The van der Waals surface area contributed by atoms with Crippen molar-refractivity contribution in [3.05, 3.63) is 83.3 Å². The Morgan fingerprint density at radius 2 is 1.29 bits per heavy atom. The van der Waals surface area contributed by atoms with Crippen LogP contribution in [0, 0.1) is 0 Å². The van der Waals surface area contributed by atoms with Crippen LogP contribution in [-0.2, 0) is 4.79 Å². The number of aliphatic hydroxyl groups is 5. The molecule has 0 spiro atoms. The minimum atomic E-state index is -2.60. The first-order valence-electron chi connectivity index (χ1n) is 8.66. The van der Waals surface area contributed by atoms with E-state index in [0.29, 0.717) is 11.1 Å². The van der Waals surface area contributed by atoms with Crippen LogP contribution >= 0.6 is 0 Å².